The van der Waals surface area contributed by atoms with Crippen LogP contribution in [0.3, 0.4) is 0 Å². The van der Waals surface area contributed by atoms with E-state index >= 15 is 0 Å². The van der Waals surface area contributed by atoms with Gasteiger partial charge in [0.1, 0.15) is 5.75 Å². The third-order valence-electron chi connectivity index (χ3n) is 2.47. The number of rotatable bonds is 3. The SMILES string of the molecule is COc1ccc(N)c(C(=O)Nc2cnn(C)c2)c1. The van der Waals surface area contributed by atoms with Crippen LogP contribution in [0.4, 0.5) is 11.4 Å². The smallest absolute Gasteiger partial charge is 0.257 e. The maximum atomic E-state index is 12.0. The Morgan fingerprint density at radius 3 is 2.89 bits per heavy atom. The first-order valence-corrected chi connectivity index (χ1v) is 5.33. The van der Waals surface area contributed by atoms with E-state index in [2.05, 4.69) is 10.4 Å². The number of carbonyl (C=O) groups excluding carboxylic acids is 1. The number of ether oxygens (including phenoxy) is 1. The number of nitrogen functional groups attached to an aromatic ring is 1. The number of hydrogen-bond acceptors (Lipinski definition) is 4. The lowest BCUT2D eigenvalue weighted by Crippen LogP contribution is -2.13. The van der Waals surface area contributed by atoms with Gasteiger partial charge in [0.25, 0.3) is 5.91 Å². The lowest BCUT2D eigenvalue weighted by atomic mass is 10.1. The molecule has 2 aromatic rings. The molecule has 0 radical (unpaired) electrons. The molecule has 0 saturated carbocycles. The van der Waals surface area contributed by atoms with Crippen LogP contribution in [-0.4, -0.2) is 22.8 Å². The molecule has 0 aliphatic rings. The summed E-state index contributed by atoms with van der Waals surface area (Å²) in [5, 5.41) is 6.68. The Morgan fingerprint density at radius 2 is 2.28 bits per heavy atom. The zero-order chi connectivity index (χ0) is 13.1. The van der Waals surface area contributed by atoms with Crippen molar-refractivity contribution in [1.29, 1.82) is 0 Å². The lowest BCUT2D eigenvalue weighted by Gasteiger charge is -2.07. The fraction of sp³-hybridized carbons (Fsp3) is 0.167. The summed E-state index contributed by atoms with van der Waals surface area (Å²) >= 11 is 0. The summed E-state index contributed by atoms with van der Waals surface area (Å²) in [4.78, 5) is 12.0. The van der Waals surface area contributed by atoms with E-state index < -0.39 is 0 Å². The second kappa shape index (κ2) is 4.79. The first-order chi connectivity index (χ1) is 8.60. The second-order valence-corrected chi connectivity index (χ2v) is 3.81. The van der Waals surface area contributed by atoms with Gasteiger partial charge in [0.15, 0.2) is 0 Å². The minimum absolute atomic E-state index is 0.292. The molecule has 0 saturated heterocycles. The van der Waals surface area contributed by atoms with Crippen molar-refractivity contribution in [2.45, 2.75) is 0 Å². The van der Waals surface area contributed by atoms with Gasteiger partial charge >= 0.3 is 0 Å². The van der Waals surface area contributed by atoms with E-state index in [1.807, 2.05) is 0 Å². The van der Waals surface area contributed by atoms with Gasteiger partial charge in [-0.25, -0.2) is 0 Å². The lowest BCUT2D eigenvalue weighted by molar-refractivity contribution is 0.102. The number of methoxy groups -OCH3 is 1. The molecule has 3 N–H and O–H groups in total. The van der Waals surface area contributed by atoms with E-state index in [-0.39, 0.29) is 5.91 Å². The van der Waals surface area contributed by atoms with E-state index in [0.717, 1.165) is 0 Å². The fourth-order valence-electron chi connectivity index (χ4n) is 1.54. The summed E-state index contributed by atoms with van der Waals surface area (Å²) in [6, 6.07) is 4.94. The number of carbonyl (C=O) groups is 1. The van der Waals surface area contributed by atoms with Crippen LogP contribution in [0.1, 0.15) is 10.4 Å². The maximum absolute atomic E-state index is 12.0. The molecule has 1 aromatic heterocycles. The second-order valence-electron chi connectivity index (χ2n) is 3.81. The molecule has 6 heteroatoms. The topological polar surface area (TPSA) is 82.2 Å². The van der Waals surface area contributed by atoms with Gasteiger partial charge in [-0.3, -0.25) is 9.48 Å². The van der Waals surface area contributed by atoms with Crippen molar-refractivity contribution in [1.82, 2.24) is 9.78 Å². The summed E-state index contributed by atoms with van der Waals surface area (Å²) in [5.41, 5.74) is 7.16. The van der Waals surface area contributed by atoms with Gasteiger partial charge in [0.05, 0.1) is 24.6 Å². The largest absolute Gasteiger partial charge is 0.497 e. The molecule has 94 valence electrons. The van der Waals surface area contributed by atoms with Gasteiger partial charge in [-0.1, -0.05) is 0 Å². The standard InChI is InChI=1S/C12H14N4O2/c1-16-7-8(6-14-16)15-12(17)10-5-9(18-2)3-4-11(10)13/h3-7H,13H2,1-2H3,(H,15,17). The fourth-order valence-corrected chi connectivity index (χ4v) is 1.54. The summed E-state index contributed by atoms with van der Waals surface area (Å²) in [7, 11) is 3.31. The van der Waals surface area contributed by atoms with Crippen LogP contribution in [-0.2, 0) is 7.05 Å². The van der Waals surface area contributed by atoms with E-state index in [4.69, 9.17) is 10.5 Å². The number of nitrogens with one attached hydrogen (secondary N) is 1. The molecule has 0 atom stereocenters. The van der Waals surface area contributed by atoms with Crippen LogP contribution in [0.5, 0.6) is 5.75 Å². The number of aryl methyl sites for hydroxylation is 1. The van der Waals surface area contributed by atoms with Gasteiger partial charge in [-0.15, -0.1) is 0 Å². The van der Waals surface area contributed by atoms with Crippen LogP contribution < -0.4 is 15.8 Å². The molecule has 18 heavy (non-hydrogen) atoms. The van der Waals surface area contributed by atoms with Crippen molar-refractivity contribution in [3.05, 3.63) is 36.2 Å². The Hall–Kier alpha value is -2.50. The first kappa shape index (κ1) is 12.0. The molecule has 0 spiro atoms. The van der Waals surface area contributed by atoms with Crippen molar-refractivity contribution < 1.29 is 9.53 Å². The monoisotopic (exact) mass is 246 g/mol. The maximum Gasteiger partial charge on any atom is 0.257 e. The minimum Gasteiger partial charge on any atom is -0.497 e. The third kappa shape index (κ3) is 2.42. The quantitative estimate of drug-likeness (QED) is 0.799. The molecular weight excluding hydrogens is 232 g/mol. The molecule has 6 nitrogen and oxygen atoms in total. The summed E-state index contributed by atoms with van der Waals surface area (Å²) in [5.74, 6) is 0.292. The molecule has 0 unspecified atom stereocenters. The molecular formula is C12H14N4O2. The van der Waals surface area contributed by atoms with Crippen molar-refractivity contribution >= 4 is 17.3 Å². The van der Waals surface area contributed by atoms with Gasteiger partial charge in [0, 0.05) is 18.9 Å². The van der Waals surface area contributed by atoms with Gasteiger partial charge in [-0.2, -0.15) is 5.10 Å². The summed E-state index contributed by atoms with van der Waals surface area (Å²) in [6.07, 6.45) is 3.27. The van der Waals surface area contributed by atoms with Crippen LogP contribution in [0.15, 0.2) is 30.6 Å². The van der Waals surface area contributed by atoms with E-state index in [1.54, 1.807) is 42.3 Å². The van der Waals surface area contributed by atoms with Crippen LogP contribution in [0, 0.1) is 0 Å². The molecule has 0 fully saturated rings. The minimum atomic E-state index is -0.292. The molecule has 0 aliphatic carbocycles. The predicted octanol–water partition coefficient (Wildman–Crippen LogP) is 1.26. The Labute approximate surface area is 104 Å². The van der Waals surface area contributed by atoms with E-state index in [0.29, 0.717) is 22.7 Å². The summed E-state index contributed by atoms with van der Waals surface area (Å²) < 4.78 is 6.66. The molecule has 2 rings (SSSR count). The average Bonchev–Trinajstić information content (AvgIpc) is 2.75. The number of aromatic nitrogens is 2. The van der Waals surface area contributed by atoms with Gasteiger partial charge in [-0.05, 0) is 18.2 Å². The number of hydrogen-bond donors (Lipinski definition) is 2. The summed E-state index contributed by atoms with van der Waals surface area (Å²) in [6.45, 7) is 0. The highest BCUT2D eigenvalue weighted by Crippen LogP contribution is 2.20. The number of amides is 1. The highest BCUT2D eigenvalue weighted by atomic mass is 16.5. The van der Waals surface area contributed by atoms with Crippen molar-refractivity contribution in [3.63, 3.8) is 0 Å². The normalized spacial score (nSPS) is 10.1. The average molecular weight is 246 g/mol. The molecule has 1 amide bonds. The number of benzene rings is 1. The van der Waals surface area contributed by atoms with E-state index in [1.165, 1.54) is 7.11 Å². The first-order valence-electron chi connectivity index (χ1n) is 5.33. The van der Waals surface area contributed by atoms with Crippen LogP contribution >= 0.6 is 0 Å². The number of anilines is 2. The zero-order valence-electron chi connectivity index (χ0n) is 10.2. The molecule has 0 bridgehead atoms. The highest BCUT2D eigenvalue weighted by Gasteiger charge is 2.12. The van der Waals surface area contributed by atoms with Gasteiger partial charge < -0.3 is 15.8 Å². The molecule has 0 aliphatic heterocycles. The van der Waals surface area contributed by atoms with Crippen molar-refractivity contribution in [2.24, 2.45) is 7.05 Å². The Balaban J connectivity index is 2.23. The van der Waals surface area contributed by atoms with Gasteiger partial charge in [0.2, 0.25) is 0 Å². The predicted molar refractivity (Wildman–Crippen MR) is 68.6 cm³/mol. The van der Waals surface area contributed by atoms with E-state index in [9.17, 15) is 4.79 Å². The Kier molecular flexibility index (Phi) is 3.18. The highest BCUT2D eigenvalue weighted by molar-refractivity contribution is 6.07. The van der Waals surface area contributed by atoms with Crippen molar-refractivity contribution in [2.75, 3.05) is 18.2 Å². The number of nitrogens with two attached hydrogens (primary N) is 1. The van der Waals surface area contributed by atoms with Crippen LogP contribution in [0.25, 0.3) is 0 Å². The van der Waals surface area contributed by atoms with Crippen LogP contribution in [0.2, 0.25) is 0 Å². The van der Waals surface area contributed by atoms with Crippen molar-refractivity contribution in [3.8, 4) is 5.75 Å². The molecule has 1 heterocycles. The Bertz CT molecular complexity index is 577. The third-order valence-corrected chi connectivity index (χ3v) is 2.47. The Morgan fingerprint density at radius 1 is 1.50 bits per heavy atom. The zero-order valence-corrected chi connectivity index (χ0v) is 10.2. The number of nitrogens with zero attached hydrogens (tertiary/aromatic N) is 2. The molecule has 1 aromatic carbocycles.